The number of ether oxygens (including phenoxy) is 2. The molecule has 0 radical (unpaired) electrons. The Kier molecular flexibility index (Phi) is 3.02. The molecule has 3 rings (SSSR count). The van der Waals surface area contributed by atoms with Gasteiger partial charge in [-0.1, -0.05) is 6.92 Å². The maximum atomic E-state index is 5.72. The van der Waals surface area contributed by atoms with Gasteiger partial charge in [-0.2, -0.15) is 0 Å². The number of benzene rings is 1. The first kappa shape index (κ1) is 13.7. The molecule has 0 bridgehead atoms. The van der Waals surface area contributed by atoms with Crippen molar-refractivity contribution in [3.8, 4) is 11.5 Å². The Morgan fingerprint density at radius 3 is 2.45 bits per heavy atom. The van der Waals surface area contributed by atoms with Crippen molar-refractivity contribution in [1.29, 1.82) is 0 Å². The molecule has 1 aromatic carbocycles. The average molecular weight is 275 g/mol. The van der Waals surface area contributed by atoms with Crippen LogP contribution in [-0.2, 0) is 5.54 Å². The first-order valence-electron chi connectivity index (χ1n) is 7.46. The lowest BCUT2D eigenvalue weighted by atomic mass is 9.85. The van der Waals surface area contributed by atoms with E-state index in [2.05, 4.69) is 38.7 Å². The van der Waals surface area contributed by atoms with E-state index in [1.807, 2.05) is 0 Å². The monoisotopic (exact) mass is 275 g/mol. The number of rotatable bonds is 2. The predicted octanol–water partition coefficient (Wildman–Crippen LogP) is 3.64. The molecule has 1 fully saturated rings. The molecule has 1 aromatic rings. The van der Waals surface area contributed by atoms with Crippen molar-refractivity contribution >= 4 is 0 Å². The Morgan fingerprint density at radius 1 is 1.20 bits per heavy atom. The summed E-state index contributed by atoms with van der Waals surface area (Å²) in [5, 5.41) is 0. The number of nitrogens with zero attached hydrogens (tertiary/aromatic N) is 1. The van der Waals surface area contributed by atoms with Gasteiger partial charge in [-0.25, -0.2) is 0 Å². The van der Waals surface area contributed by atoms with Crippen molar-refractivity contribution < 1.29 is 9.47 Å². The number of fused-ring (bicyclic) bond motifs is 3. The maximum Gasteiger partial charge on any atom is 0.166 e. The molecule has 3 unspecified atom stereocenters. The fourth-order valence-electron chi connectivity index (χ4n) is 4.50. The Hall–Kier alpha value is -1.22. The second-order valence-corrected chi connectivity index (χ2v) is 6.63. The number of hydrogen-bond donors (Lipinski definition) is 0. The third-order valence-corrected chi connectivity index (χ3v) is 5.22. The van der Waals surface area contributed by atoms with E-state index in [-0.39, 0.29) is 5.54 Å². The van der Waals surface area contributed by atoms with Crippen LogP contribution in [-0.4, -0.2) is 25.7 Å². The summed E-state index contributed by atoms with van der Waals surface area (Å²) in [6.45, 7) is 10.3. The van der Waals surface area contributed by atoms with Crippen LogP contribution in [0.2, 0.25) is 0 Å². The average Bonchev–Trinajstić information content (AvgIpc) is 2.81. The third-order valence-electron chi connectivity index (χ3n) is 5.22. The van der Waals surface area contributed by atoms with Crippen LogP contribution in [0.4, 0.5) is 0 Å². The fraction of sp³-hybridized carbons (Fsp3) is 0.647. The van der Waals surface area contributed by atoms with Crippen molar-refractivity contribution in [2.45, 2.75) is 45.7 Å². The summed E-state index contributed by atoms with van der Waals surface area (Å²) in [7, 11) is 3.47. The molecular formula is C17H25NO2. The van der Waals surface area contributed by atoms with Gasteiger partial charge in [0.25, 0.3) is 0 Å². The van der Waals surface area contributed by atoms with Gasteiger partial charge in [0.05, 0.1) is 14.2 Å². The van der Waals surface area contributed by atoms with Crippen LogP contribution in [0.5, 0.6) is 11.5 Å². The molecule has 3 nitrogen and oxygen atoms in total. The van der Waals surface area contributed by atoms with Gasteiger partial charge in [0, 0.05) is 23.7 Å². The van der Waals surface area contributed by atoms with Gasteiger partial charge < -0.3 is 9.47 Å². The van der Waals surface area contributed by atoms with E-state index in [0.717, 1.165) is 29.5 Å². The first-order valence-corrected chi connectivity index (χ1v) is 7.46. The Balaban J connectivity index is 2.25. The third kappa shape index (κ3) is 1.56. The molecule has 3 atom stereocenters. The molecule has 0 saturated carbocycles. The summed E-state index contributed by atoms with van der Waals surface area (Å²) in [5.74, 6) is 2.57. The van der Waals surface area contributed by atoms with Crippen LogP contribution >= 0.6 is 0 Å². The van der Waals surface area contributed by atoms with Crippen molar-refractivity contribution in [2.24, 2.45) is 5.92 Å². The molecule has 0 aliphatic carbocycles. The van der Waals surface area contributed by atoms with Gasteiger partial charge in [-0.05, 0) is 50.3 Å². The van der Waals surface area contributed by atoms with E-state index in [1.165, 1.54) is 17.5 Å². The van der Waals surface area contributed by atoms with Crippen molar-refractivity contribution in [3.63, 3.8) is 0 Å². The molecule has 2 heterocycles. The SMILES string of the molecule is COc1c(C)cc2c(c1OC)C(C)N1CC(C)CC21C. The van der Waals surface area contributed by atoms with Gasteiger partial charge in [0.2, 0.25) is 0 Å². The topological polar surface area (TPSA) is 21.7 Å². The van der Waals surface area contributed by atoms with Gasteiger partial charge in [0.15, 0.2) is 11.5 Å². The zero-order valence-electron chi connectivity index (χ0n) is 13.4. The highest BCUT2D eigenvalue weighted by Crippen LogP contribution is 2.57. The highest BCUT2D eigenvalue weighted by molar-refractivity contribution is 5.60. The minimum Gasteiger partial charge on any atom is -0.493 e. The van der Waals surface area contributed by atoms with Crippen LogP contribution in [0.1, 0.15) is 49.9 Å². The summed E-state index contributed by atoms with van der Waals surface area (Å²) in [5.41, 5.74) is 4.07. The molecule has 0 N–H and O–H groups in total. The van der Waals surface area contributed by atoms with E-state index in [0.29, 0.717) is 6.04 Å². The second-order valence-electron chi connectivity index (χ2n) is 6.63. The van der Waals surface area contributed by atoms with E-state index in [1.54, 1.807) is 14.2 Å². The van der Waals surface area contributed by atoms with Crippen molar-refractivity contribution in [2.75, 3.05) is 20.8 Å². The lowest BCUT2D eigenvalue weighted by Gasteiger charge is -2.30. The summed E-state index contributed by atoms with van der Waals surface area (Å²) >= 11 is 0. The molecule has 1 saturated heterocycles. The van der Waals surface area contributed by atoms with Crippen LogP contribution in [0.25, 0.3) is 0 Å². The summed E-state index contributed by atoms with van der Waals surface area (Å²) in [4.78, 5) is 2.63. The standard InChI is InChI=1S/C17H25NO2/c1-10-8-17(4)13-7-11(2)15(19-5)16(20-6)14(13)12(3)18(17)9-10/h7,10,12H,8-9H2,1-6H3. The smallest absolute Gasteiger partial charge is 0.166 e. The molecule has 2 aliphatic rings. The summed E-state index contributed by atoms with van der Waals surface area (Å²) in [6, 6.07) is 2.70. The van der Waals surface area contributed by atoms with Crippen LogP contribution < -0.4 is 9.47 Å². The minimum atomic E-state index is 0.151. The van der Waals surface area contributed by atoms with Crippen molar-refractivity contribution in [1.82, 2.24) is 4.90 Å². The second kappa shape index (κ2) is 4.39. The van der Waals surface area contributed by atoms with E-state index in [9.17, 15) is 0 Å². The molecule has 0 spiro atoms. The van der Waals surface area contributed by atoms with E-state index >= 15 is 0 Å². The number of hydrogen-bond acceptors (Lipinski definition) is 3. The largest absolute Gasteiger partial charge is 0.493 e. The predicted molar refractivity (Wildman–Crippen MR) is 80.5 cm³/mol. The Labute approximate surface area is 121 Å². The molecule has 110 valence electrons. The lowest BCUT2D eigenvalue weighted by molar-refractivity contribution is 0.138. The Morgan fingerprint density at radius 2 is 1.85 bits per heavy atom. The quantitative estimate of drug-likeness (QED) is 0.822. The van der Waals surface area contributed by atoms with E-state index < -0.39 is 0 Å². The highest BCUT2D eigenvalue weighted by Gasteiger charge is 2.52. The zero-order chi connectivity index (χ0) is 14.7. The highest BCUT2D eigenvalue weighted by atomic mass is 16.5. The van der Waals surface area contributed by atoms with Gasteiger partial charge in [0.1, 0.15) is 0 Å². The van der Waals surface area contributed by atoms with Crippen molar-refractivity contribution in [3.05, 3.63) is 22.8 Å². The molecular weight excluding hydrogens is 250 g/mol. The molecule has 2 aliphatic heterocycles. The number of methoxy groups -OCH3 is 2. The summed E-state index contributed by atoms with van der Waals surface area (Å²) < 4.78 is 11.3. The maximum absolute atomic E-state index is 5.72. The van der Waals surface area contributed by atoms with Gasteiger partial charge >= 0.3 is 0 Å². The van der Waals surface area contributed by atoms with Crippen LogP contribution in [0.15, 0.2) is 6.07 Å². The zero-order valence-corrected chi connectivity index (χ0v) is 13.4. The first-order chi connectivity index (χ1) is 9.43. The van der Waals surface area contributed by atoms with Crippen LogP contribution in [0.3, 0.4) is 0 Å². The van der Waals surface area contributed by atoms with E-state index in [4.69, 9.17) is 9.47 Å². The fourth-order valence-corrected chi connectivity index (χ4v) is 4.50. The van der Waals surface area contributed by atoms with Crippen LogP contribution in [0, 0.1) is 12.8 Å². The molecule has 0 aromatic heterocycles. The molecule has 20 heavy (non-hydrogen) atoms. The minimum absolute atomic E-state index is 0.151. The molecule has 3 heteroatoms. The number of aryl methyl sites for hydroxylation is 1. The normalized spacial score (nSPS) is 32.1. The lowest BCUT2D eigenvalue weighted by Crippen LogP contribution is -2.33. The summed E-state index contributed by atoms with van der Waals surface area (Å²) in [6.07, 6.45) is 1.22. The molecule has 0 amide bonds. The Bertz CT molecular complexity index is 554. The van der Waals surface area contributed by atoms with Gasteiger partial charge in [-0.15, -0.1) is 0 Å². The van der Waals surface area contributed by atoms with Gasteiger partial charge in [-0.3, -0.25) is 4.90 Å².